The van der Waals surface area contributed by atoms with Gasteiger partial charge in [0.05, 0.1) is 7.11 Å². The van der Waals surface area contributed by atoms with Crippen LogP contribution in [0.2, 0.25) is 0 Å². The number of methoxy groups -OCH3 is 1. The number of hydrogen-bond donors (Lipinski definition) is 1. The topological polar surface area (TPSA) is 77.2 Å². The molecular formula is C18H17N3O3. The first-order valence-electron chi connectivity index (χ1n) is 7.54. The third-order valence-corrected chi connectivity index (χ3v) is 3.55. The largest absolute Gasteiger partial charge is 0.497 e. The average molecular weight is 323 g/mol. The van der Waals surface area contributed by atoms with E-state index in [1.54, 1.807) is 25.6 Å². The Bertz CT molecular complexity index is 815. The van der Waals surface area contributed by atoms with Gasteiger partial charge < -0.3 is 14.6 Å². The van der Waals surface area contributed by atoms with Gasteiger partial charge in [-0.1, -0.05) is 17.3 Å². The molecule has 0 saturated carbocycles. The summed E-state index contributed by atoms with van der Waals surface area (Å²) in [6, 6.07) is 12.8. The fourth-order valence-electron chi connectivity index (χ4n) is 2.25. The standard InChI is InChI=1S/C18H17N3O3/c1-23-15-4-2-3-14(11-15)17-12-16(21-24-17)18(22)20-10-7-13-5-8-19-9-6-13/h2-6,8-9,11-12H,7,10H2,1H3,(H,20,22). The molecule has 0 aliphatic rings. The number of carbonyl (C=O) groups excluding carboxylic acids is 1. The number of amides is 1. The zero-order valence-corrected chi connectivity index (χ0v) is 13.2. The van der Waals surface area contributed by atoms with Gasteiger partial charge >= 0.3 is 0 Å². The van der Waals surface area contributed by atoms with Crippen molar-refractivity contribution in [3.8, 4) is 17.1 Å². The molecule has 0 radical (unpaired) electrons. The number of ether oxygens (including phenoxy) is 1. The van der Waals surface area contributed by atoms with Gasteiger partial charge in [0.25, 0.3) is 5.91 Å². The van der Waals surface area contributed by atoms with Gasteiger partial charge in [-0.15, -0.1) is 0 Å². The van der Waals surface area contributed by atoms with Crippen LogP contribution in [0.4, 0.5) is 0 Å². The van der Waals surface area contributed by atoms with Crippen LogP contribution in [-0.4, -0.2) is 29.7 Å². The Morgan fingerprint density at radius 2 is 2.04 bits per heavy atom. The molecule has 3 aromatic rings. The molecule has 0 saturated heterocycles. The van der Waals surface area contributed by atoms with E-state index in [-0.39, 0.29) is 11.6 Å². The SMILES string of the molecule is COc1cccc(-c2cc(C(=O)NCCc3ccncc3)no2)c1. The maximum absolute atomic E-state index is 12.1. The fraction of sp³-hybridized carbons (Fsp3) is 0.167. The highest BCUT2D eigenvalue weighted by atomic mass is 16.5. The van der Waals surface area contributed by atoms with Crippen molar-refractivity contribution >= 4 is 5.91 Å². The zero-order chi connectivity index (χ0) is 16.8. The van der Waals surface area contributed by atoms with Crippen LogP contribution < -0.4 is 10.1 Å². The van der Waals surface area contributed by atoms with Gasteiger partial charge in [0, 0.05) is 30.6 Å². The molecule has 2 heterocycles. The molecule has 1 N–H and O–H groups in total. The van der Waals surface area contributed by atoms with E-state index < -0.39 is 0 Å². The molecule has 122 valence electrons. The number of nitrogens with zero attached hydrogens (tertiary/aromatic N) is 2. The van der Waals surface area contributed by atoms with Crippen molar-refractivity contribution in [1.29, 1.82) is 0 Å². The van der Waals surface area contributed by atoms with Crippen molar-refractivity contribution in [3.63, 3.8) is 0 Å². The highest BCUT2D eigenvalue weighted by Crippen LogP contribution is 2.24. The van der Waals surface area contributed by atoms with Crippen LogP contribution in [0.3, 0.4) is 0 Å². The highest BCUT2D eigenvalue weighted by Gasteiger charge is 2.13. The molecule has 3 rings (SSSR count). The Balaban J connectivity index is 1.61. The third-order valence-electron chi connectivity index (χ3n) is 3.55. The lowest BCUT2D eigenvalue weighted by atomic mass is 10.1. The Kier molecular flexibility index (Phi) is 4.86. The number of pyridine rings is 1. The maximum atomic E-state index is 12.1. The van der Waals surface area contributed by atoms with Crippen molar-refractivity contribution in [2.45, 2.75) is 6.42 Å². The van der Waals surface area contributed by atoms with Gasteiger partial charge in [0.2, 0.25) is 0 Å². The lowest BCUT2D eigenvalue weighted by Gasteiger charge is -2.02. The summed E-state index contributed by atoms with van der Waals surface area (Å²) in [7, 11) is 1.60. The molecule has 1 amide bonds. The second-order valence-corrected chi connectivity index (χ2v) is 5.17. The zero-order valence-electron chi connectivity index (χ0n) is 13.2. The minimum absolute atomic E-state index is 0.252. The summed E-state index contributed by atoms with van der Waals surface area (Å²) in [5, 5.41) is 6.66. The molecule has 1 aromatic carbocycles. The molecule has 0 aliphatic carbocycles. The van der Waals surface area contributed by atoms with Crippen LogP contribution in [0.1, 0.15) is 16.1 Å². The van der Waals surface area contributed by atoms with E-state index in [1.807, 2.05) is 36.4 Å². The molecule has 0 unspecified atom stereocenters. The van der Waals surface area contributed by atoms with E-state index in [0.29, 0.717) is 18.1 Å². The van der Waals surface area contributed by atoms with Gasteiger partial charge in [-0.2, -0.15) is 0 Å². The molecule has 0 aliphatic heterocycles. The number of rotatable bonds is 6. The first-order chi connectivity index (χ1) is 11.8. The van der Waals surface area contributed by atoms with E-state index in [9.17, 15) is 4.79 Å². The summed E-state index contributed by atoms with van der Waals surface area (Å²) in [6.07, 6.45) is 4.19. The van der Waals surface area contributed by atoms with E-state index in [4.69, 9.17) is 9.26 Å². The normalized spacial score (nSPS) is 10.4. The number of hydrogen-bond acceptors (Lipinski definition) is 5. The number of benzene rings is 1. The van der Waals surface area contributed by atoms with Crippen molar-refractivity contribution in [2.24, 2.45) is 0 Å². The third kappa shape index (κ3) is 3.78. The van der Waals surface area contributed by atoms with Crippen molar-refractivity contribution in [3.05, 3.63) is 66.1 Å². The van der Waals surface area contributed by atoms with Crippen LogP contribution in [0.5, 0.6) is 5.75 Å². The van der Waals surface area contributed by atoms with Crippen LogP contribution in [0.15, 0.2) is 59.4 Å². The predicted octanol–water partition coefficient (Wildman–Crippen LogP) is 2.72. The Hall–Kier alpha value is -3.15. The molecule has 6 heteroatoms. The second-order valence-electron chi connectivity index (χ2n) is 5.17. The van der Waals surface area contributed by atoms with Crippen LogP contribution >= 0.6 is 0 Å². The lowest BCUT2D eigenvalue weighted by Crippen LogP contribution is -2.25. The lowest BCUT2D eigenvalue weighted by molar-refractivity contribution is 0.0945. The molecule has 24 heavy (non-hydrogen) atoms. The van der Waals surface area contributed by atoms with Crippen molar-refractivity contribution in [2.75, 3.05) is 13.7 Å². The minimum Gasteiger partial charge on any atom is -0.497 e. The minimum atomic E-state index is -0.262. The van der Waals surface area contributed by atoms with Crippen LogP contribution in [0, 0.1) is 0 Å². The van der Waals surface area contributed by atoms with Gasteiger partial charge in [-0.05, 0) is 36.2 Å². The average Bonchev–Trinajstić information content (AvgIpc) is 3.13. The van der Waals surface area contributed by atoms with E-state index in [0.717, 1.165) is 17.5 Å². The number of nitrogens with one attached hydrogen (secondary N) is 1. The van der Waals surface area contributed by atoms with E-state index in [2.05, 4.69) is 15.5 Å². The first-order valence-corrected chi connectivity index (χ1v) is 7.54. The monoisotopic (exact) mass is 323 g/mol. The summed E-state index contributed by atoms with van der Waals surface area (Å²) in [6.45, 7) is 0.518. The van der Waals surface area contributed by atoms with Gasteiger partial charge in [-0.25, -0.2) is 0 Å². The first kappa shape index (κ1) is 15.7. The molecule has 0 spiro atoms. The van der Waals surface area contributed by atoms with Gasteiger partial charge in [0.15, 0.2) is 11.5 Å². The summed E-state index contributed by atoms with van der Waals surface area (Å²) in [5.74, 6) is 0.974. The smallest absolute Gasteiger partial charge is 0.273 e. The molecule has 2 aromatic heterocycles. The Morgan fingerprint density at radius 3 is 2.83 bits per heavy atom. The summed E-state index contributed by atoms with van der Waals surface area (Å²) in [4.78, 5) is 16.1. The second kappa shape index (κ2) is 7.41. The fourth-order valence-corrected chi connectivity index (χ4v) is 2.25. The Labute approximate surface area is 139 Å². The molecule has 0 bridgehead atoms. The summed E-state index contributed by atoms with van der Waals surface area (Å²) < 4.78 is 10.4. The number of aromatic nitrogens is 2. The van der Waals surface area contributed by atoms with Crippen LogP contribution in [0.25, 0.3) is 11.3 Å². The Morgan fingerprint density at radius 1 is 1.21 bits per heavy atom. The quantitative estimate of drug-likeness (QED) is 0.755. The summed E-state index contributed by atoms with van der Waals surface area (Å²) in [5.41, 5.74) is 2.17. The number of carbonyl (C=O) groups is 1. The van der Waals surface area contributed by atoms with E-state index >= 15 is 0 Å². The van der Waals surface area contributed by atoms with E-state index in [1.165, 1.54) is 0 Å². The van der Waals surface area contributed by atoms with Crippen LogP contribution in [-0.2, 0) is 6.42 Å². The molecule has 0 fully saturated rings. The van der Waals surface area contributed by atoms with Gasteiger partial charge in [0.1, 0.15) is 5.75 Å². The molecule has 0 atom stereocenters. The molecular weight excluding hydrogens is 306 g/mol. The van der Waals surface area contributed by atoms with Gasteiger partial charge in [-0.3, -0.25) is 9.78 Å². The molecule has 6 nitrogen and oxygen atoms in total. The summed E-state index contributed by atoms with van der Waals surface area (Å²) >= 11 is 0. The maximum Gasteiger partial charge on any atom is 0.273 e. The van der Waals surface area contributed by atoms with Crippen molar-refractivity contribution < 1.29 is 14.1 Å². The highest BCUT2D eigenvalue weighted by molar-refractivity contribution is 5.93. The van der Waals surface area contributed by atoms with Crippen molar-refractivity contribution in [1.82, 2.24) is 15.5 Å². The predicted molar refractivity (Wildman–Crippen MR) is 88.8 cm³/mol.